The first-order chi connectivity index (χ1) is 12.4. The van der Waals surface area contributed by atoms with E-state index >= 15 is 0 Å². The third kappa shape index (κ3) is 1.61. The minimum Gasteiger partial charge on any atom is -0.300 e. The Morgan fingerprint density at radius 2 is 1.64 bits per heavy atom. The second-order valence-electron chi connectivity index (χ2n) is 6.47. The SMILES string of the molecule is c1ccc(-n2c3cnccc3n3cc4c(c23)-c2ccncc2C4)cc1. The van der Waals surface area contributed by atoms with Crippen LogP contribution in [0.25, 0.3) is 33.5 Å². The first-order valence-corrected chi connectivity index (χ1v) is 8.39. The molecule has 0 fully saturated rings. The molecule has 5 aromatic rings. The molecule has 4 nitrogen and oxygen atoms in total. The van der Waals surface area contributed by atoms with Gasteiger partial charge in [-0.3, -0.25) is 18.9 Å². The zero-order valence-corrected chi connectivity index (χ0v) is 13.4. The topological polar surface area (TPSA) is 35.1 Å². The van der Waals surface area contributed by atoms with Crippen molar-refractivity contribution in [3.63, 3.8) is 0 Å². The predicted octanol–water partition coefficient (Wildman–Crippen LogP) is 4.24. The molecule has 4 heterocycles. The maximum atomic E-state index is 4.37. The van der Waals surface area contributed by atoms with E-state index in [0.29, 0.717) is 0 Å². The lowest BCUT2D eigenvalue weighted by Crippen LogP contribution is -1.95. The maximum absolute atomic E-state index is 4.37. The van der Waals surface area contributed by atoms with Gasteiger partial charge in [0.15, 0.2) is 0 Å². The number of hydrogen-bond acceptors (Lipinski definition) is 2. The Kier molecular flexibility index (Phi) is 2.37. The minimum absolute atomic E-state index is 0.946. The number of aromatic nitrogens is 4. The van der Waals surface area contributed by atoms with Gasteiger partial charge in [0.2, 0.25) is 0 Å². The van der Waals surface area contributed by atoms with Crippen molar-refractivity contribution in [1.29, 1.82) is 0 Å². The molecule has 1 aliphatic rings. The largest absolute Gasteiger partial charge is 0.300 e. The quantitative estimate of drug-likeness (QED) is 0.454. The van der Waals surface area contributed by atoms with Gasteiger partial charge in [-0.25, -0.2) is 0 Å². The first-order valence-electron chi connectivity index (χ1n) is 8.39. The Labute approximate surface area is 144 Å². The van der Waals surface area contributed by atoms with Gasteiger partial charge in [-0.2, -0.15) is 0 Å². The molecule has 25 heavy (non-hydrogen) atoms. The van der Waals surface area contributed by atoms with Crippen LogP contribution in [-0.2, 0) is 6.42 Å². The van der Waals surface area contributed by atoms with Crippen LogP contribution in [0.3, 0.4) is 0 Å². The molecule has 4 heteroatoms. The number of rotatable bonds is 1. The van der Waals surface area contributed by atoms with Gasteiger partial charge in [-0.05, 0) is 41.0 Å². The third-order valence-electron chi connectivity index (χ3n) is 5.12. The average Bonchev–Trinajstić information content (AvgIpc) is 3.29. The van der Waals surface area contributed by atoms with Crippen LogP contribution in [0.2, 0.25) is 0 Å². The molecule has 0 saturated carbocycles. The molecule has 6 rings (SSSR count). The molecular formula is C21H14N4. The van der Waals surface area contributed by atoms with Gasteiger partial charge in [0.05, 0.1) is 17.2 Å². The van der Waals surface area contributed by atoms with Gasteiger partial charge >= 0.3 is 0 Å². The van der Waals surface area contributed by atoms with Gasteiger partial charge in [0.25, 0.3) is 0 Å². The van der Waals surface area contributed by atoms with Crippen molar-refractivity contribution in [3.05, 3.63) is 84.6 Å². The van der Waals surface area contributed by atoms with E-state index in [9.17, 15) is 0 Å². The van der Waals surface area contributed by atoms with Crippen LogP contribution < -0.4 is 0 Å². The number of benzene rings is 1. The highest BCUT2D eigenvalue weighted by Crippen LogP contribution is 2.42. The van der Waals surface area contributed by atoms with E-state index < -0.39 is 0 Å². The molecule has 0 bridgehead atoms. The number of hydrogen-bond donors (Lipinski definition) is 0. The van der Waals surface area contributed by atoms with E-state index in [1.807, 2.05) is 30.9 Å². The number of fused-ring (bicyclic) bond motifs is 7. The average molecular weight is 322 g/mol. The molecule has 0 atom stereocenters. The second kappa shape index (κ2) is 4.57. The summed E-state index contributed by atoms with van der Waals surface area (Å²) in [5, 5.41) is 0. The molecule has 0 spiro atoms. The zero-order chi connectivity index (χ0) is 16.4. The lowest BCUT2D eigenvalue weighted by atomic mass is 10.1. The van der Waals surface area contributed by atoms with Crippen LogP contribution in [0.1, 0.15) is 11.1 Å². The molecule has 0 amide bonds. The molecule has 0 unspecified atom stereocenters. The van der Waals surface area contributed by atoms with Gasteiger partial charge < -0.3 is 0 Å². The summed E-state index contributed by atoms with van der Waals surface area (Å²) in [7, 11) is 0. The molecule has 1 aromatic carbocycles. The van der Waals surface area contributed by atoms with Gasteiger partial charge in [-0.1, -0.05) is 18.2 Å². The van der Waals surface area contributed by atoms with Gasteiger partial charge in [-0.15, -0.1) is 0 Å². The van der Waals surface area contributed by atoms with Crippen molar-refractivity contribution in [2.75, 3.05) is 0 Å². The first kappa shape index (κ1) is 13.0. The fourth-order valence-electron chi connectivity index (χ4n) is 4.10. The summed E-state index contributed by atoms with van der Waals surface area (Å²) in [6, 6.07) is 14.7. The lowest BCUT2D eigenvalue weighted by Gasteiger charge is -2.07. The molecule has 0 radical (unpaired) electrons. The number of nitrogens with zero attached hydrogens (tertiary/aromatic N) is 4. The summed E-state index contributed by atoms with van der Waals surface area (Å²) in [5.41, 5.74) is 9.93. The van der Waals surface area contributed by atoms with Crippen LogP contribution in [0.4, 0.5) is 0 Å². The van der Waals surface area contributed by atoms with E-state index in [2.05, 4.69) is 61.5 Å². The molecule has 0 N–H and O–H groups in total. The summed E-state index contributed by atoms with van der Waals surface area (Å²) in [6.45, 7) is 0. The molecule has 0 aliphatic heterocycles. The summed E-state index contributed by atoms with van der Waals surface area (Å²) < 4.78 is 4.62. The maximum Gasteiger partial charge on any atom is 0.130 e. The Morgan fingerprint density at radius 1 is 0.800 bits per heavy atom. The van der Waals surface area contributed by atoms with E-state index in [1.54, 1.807) is 0 Å². The molecule has 118 valence electrons. The fourth-order valence-corrected chi connectivity index (χ4v) is 4.10. The normalized spacial score (nSPS) is 12.6. The third-order valence-corrected chi connectivity index (χ3v) is 5.12. The highest BCUT2D eigenvalue weighted by atomic mass is 15.1. The van der Waals surface area contributed by atoms with Crippen molar-refractivity contribution < 1.29 is 0 Å². The number of pyridine rings is 2. The van der Waals surface area contributed by atoms with Crippen LogP contribution in [0.15, 0.2) is 73.4 Å². The fraction of sp³-hybridized carbons (Fsp3) is 0.0476. The highest BCUT2D eigenvalue weighted by Gasteiger charge is 2.27. The van der Waals surface area contributed by atoms with Crippen LogP contribution in [0, 0.1) is 0 Å². The van der Waals surface area contributed by atoms with E-state index in [1.165, 1.54) is 33.4 Å². The van der Waals surface area contributed by atoms with Crippen molar-refractivity contribution in [2.24, 2.45) is 0 Å². The minimum atomic E-state index is 0.946. The predicted molar refractivity (Wildman–Crippen MR) is 98.1 cm³/mol. The number of para-hydroxylation sites is 1. The summed E-state index contributed by atoms with van der Waals surface area (Å²) in [6.07, 6.45) is 10.9. The van der Waals surface area contributed by atoms with Crippen molar-refractivity contribution in [1.82, 2.24) is 18.9 Å². The second-order valence-corrected chi connectivity index (χ2v) is 6.47. The molecular weight excluding hydrogens is 308 g/mol. The molecule has 1 aliphatic carbocycles. The summed E-state index contributed by atoms with van der Waals surface area (Å²) in [4.78, 5) is 8.67. The van der Waals surface area contributed by atoms with Crippen LogP contribution in [-0.4, -0.2) is 18.9 Å². The highest BCUT2D eigenvalue weighted by molar-refractivity contribution is 5.95. The molecule has 4 aromatic heterocycles. The monoisotopic (exact) mass is 322 g/mol. The summed E-state index contributed by atoms with van der Waals surface area (Å²) in [5.74, 6) is 0. The van der Waals surface area contributed by atoms with Crippen molar-refractivity contribution in [3.8, 4) is 16.8 Å². The molecule has 0 saturated heterocycles. The van der Waals surface area contributed by atoms with Crippen molar-refractivity contribution in [2.45, 2.75) is 6.42 Å². The van der Waals surface area contributed by atoms with E-state index in [0.717, 1.165) is 17.6 Å². The Bertz CT molecular complexity index is 1260. The summed E-state index contributed by atoms with van der Waals surface area (Å²) >= 11 is 0. The van der Waals surface area contributed by atoms with Crippen molar-refractivity contribution >= 4 is 16.7 Å². The van der Waals surface area contributed by atoms with E-state index in [4.69, 9.17) is 0 Å². The van der Waals surface area contributed by atoms with Gasteiger partial charge in [0.1, 0.15) is 5.65 Å². The van der Waals surface area contributed by atoms with Crippen LogP contribution in [0.5, 0.6) is 0 Å². The Morgan fingerprint density at radius 3 is 2.56 bits per heavy atom. The van der Waals surface area contributed by atoms with Crippen LogP contribution >= 0.6 is 0 Å². The van der Waals surface area contributed by atoms with Gasteiger partial charge in [0, 0.05) is 42.5 Å². The Hall–Kier alpha value is -3.40. The number of imidazole rings is 1. The standard InChI is InChI=1S/C21H14N4/c1-2-4-16(5-3-1)25-19-12-23-9-7-18(19)24-13-15-10-14-11-22-8-6-17(14)20(15)21(24)25/h1-9,11-13H,10H2. The zero-order valence-electron chi connectivity index (χ0n) is 13.4. The van der Waals surface area contributed by atoms with E-state index in [-0.39, 0.29) is 0 Å². The Balaban J connectivity index is 1.84. The lowest BCUT2D eigenvalue weighted by molar-refractivity contribution is 1.13. The smallest absolute Gasteiger partial charge is 0.130 e.